The summed E-state index contributed by atoms with van der Waals surface area (Å²) < 4.78 is 13.3. The average molecular weight is 455 g/mol. The van der Waals surface area contributed by atoms with E-state index >= 15 is 0 Å². The van der Waals surface area contributed by atoms with E-state index in [1.807, 2.05) is 86.6 Å². The molecule has 5 rings (SSSR count). The minimum absolute atomic E-state index is 0.200. The molecule has 1 amide bonds. The van der Waals surface area contributed by atoms with Crippen LogP contribution in [0.2, 0.25) is 0 Å². The highest BCUT2D eigenvalue weighted by Gasteiger charge is 2.35. The molecule has 0 saturated carbocycles. The van der Waals surface area contributed by atoms with Crippen molar-refractivity contribution in [1.82, 2.24) is 9.55 Å². The smallest absolute Gasteiger partial charge is 0.255 e. The highest BCUT2D eigenvalue weighted by molar-refractivity contribution is 6.06. The first-order chi connectivity index (χ1) is 16.6. The number of imidazole rings is 1. The van der Waals surface area contributed by atoms with Gasteiger partial charge in [-0.3, -0.25) is 9.36 Å². The van der Waals surface area contributed by atoms with Gasteiger partial charge in [-0.05, 0) is 56.3 Å². The zero-order valence-electron chi connectivity index (χ0n) is 19.3. The Morgan fingerprint density at radius 3 is 2.56 bits per heavy atom. The Hall–Kier alpha value is -4.26. The topological polar surface area (TPSA) is 77.4 Å². The van der Waals surface area contributed by atoms with Crippen molar-refractivity contribution in [3.05, 3.63) is 89.6 Å². The number of carbonyl (C=O) groups is 1. The van der Waals surface area contributed by atoms with Crippen LogP contribution in [0.1, 0.15) is 25.5 Å². The number of rotatable bonds is 6. The molecule has 1 aliphatic heterocycles. The fourth-order valence-electron chi connectivity index (χ4n) is 4.44. The molecule has 0 spiro atoms. The lowest BCUT2D eigenvalue weighted by Gasteiger charge is -2.31. The van der Waals surface area contributed by atoms with Crippen molar-refractivity contribution in [3.63, 3.8) is 0 Å². The molecule has 0 unspecified atom stereocenters. The molecule has 1 atom stereocenters. The Bertz CT molecular complexity index is 1390. The third-order valence-corrected chi connectivity index (χ3v) is 5.93. The van der Waals surface area contributed by atoms with Gasteiger partial charge < -0.3 is 20.1 Å². The molecule has 1 aliphatic rings. The number of anilines is 2. The van der Waals surface area contributed by atoms with Crippen LogP contribution in [0, 0.1) is 0 Å². The number of methoxy groups -OCH3 is 1. The van der Waals surface area contributed by atoms with Gasteiger partial charge in [0.05, 0.1) is 36.4 Å². The Balaban J connectivity index is 1.61. The minimum Gasteiger partial charge on any atom is -0.496 e. The molecule has 0 aliphatic carbocycles. The lowest BCUT2D eigenvalue weighted by atomic mass is 9.93. The van der Waals surface area contributed by atoms with Crippen LogP contribution in [0.4, 0.5) is 11.6 Å². The lowest BCUT2D eigenvalue weighted by molar-refractivity contribution is -0.113. The summed E-state index contributed by atoms with van der Waals surface area (Å²) >= 11 is 0. The Kier molecular flexibility index (Phi) is 5.67. The molecular formula is C27H26N4O3. The fraction of sp³-hybridized carbons (Fsp3) is 0.185. The molecule has 0 radical (unpaired) electrons. The predicted molar refractivity (Wildman–Crippen MR) is 133 cm³/mol. The second kappa shape index (κ2) is 8.94. The van der Waals surface area contributed by atoms with Crippen LogP contribution in [0.5, 0.6) is 11.5 Å². The normalized spacial score (nSPS) is 15.0. The van der Waals surface area contributed by atoms with E-state index in [2.05, 4.69) is 15.2 Å². The molecule has 0 fully saturated rings. The van der Waals surface area contributed by atoms with Crippen molar-refractivity contribution in [3.8, 4) is 11.5 Å². The lowest BCUT2D eigenvalue weighted by Crippen LogP contribution is -2.31. The van der Waals surface area contributed by atoms with Crippen LogP contribution >= 0.6 is 0 Å². The van der Waals surface area contributed by atoms with Crippen molar-refractivity contribution in [1.29, 1.82) is 0 Å². The molecular weight excluding hydrogens is 428 g/mol. The molecule has 7 heteroatoms. The van der Waals surface area contributed by atoms with Gasteiger partial charge in [-0.15, -0.1) is 0 Å². The summed E-state index contributed by atoms with van der Waals surface area (Å²) in [6.07, 6.45) is 0. The number of allylic oxidation sites excluding steroid dienone is 1. The van der Waals surface area contributed by atoms with E-state index in [1.165, 1.54) is 0 Å². The highest BCUT2D eigenvalue weighted by atomic mass is 16.5. The van der Waals surface area contributed by atoms with Crippen LogP contribution in [-0.2, 0) is 4.79 Å². The number of hydrogen-bond acceptors (Lipinski definition) is 5. The predicted octanol–water partition coefficient (Wildman–Crippen LogP) is 5.37. The van der Waals surface area contributed by atoms with Crippen LogP contribution in [-0.4, -0.2) is 29.2 Å². The largest absolute Gasteiger partial charge is 0.496 e. The summed E-state index contributed by atoms with van der Waals surface area (Å²) in [7, 11) is 1.64. The molecule has 3 aromatic carbocycles. The number of ether oxygens (including phenoxy) is 2. The van der Waals surface area contributed by atoms with E-state index < -0.39 is 6.04 Å². The molecule has 2 N–H and O–H groups in total. The number of nitrogens with one attached hydrogen (secondary N) is 2. The van der Waals surface area contributed by atoms with E-state index in [-0.39, 0.29) is 5.91 Å². The number of nitrogens with zero attached hydrogens (tertiary/aromatic N) is 2. The number of carbonyl (C=O) groups excluding carboxylic acids is 1. The number of fused-ring (bicyclic) bond motifs is 3. The molecule has 4 aromatic rings. The second-order valence-electron chi connectivity index (χ2n) is 8.01. The van der Waals surface area contributed by atoms with Crippen LogP contribution in [0.3, 0.4) is 0 Å². The summed E-state index contributed by atoms with van der Waals surface area (Å²) in [4.78, 5) is 18.5. The summed E-state index contributed by atoms with van der Waals surface area (Å²) in [6.45, 7) is 4.43. The summed E-state index contributed by atoms with van der Waals surface area (Å²) in [5.74, 6) is 1.95. The quantitative estimate of drug-likeness (QED) is 0.410. The first-order valence-corrected chi connectivity index (χ1v) is 11.2. The van der Waals surface area contributed by atoms with Gasteiger partial charge in [-0.2, -0.15) is 0 Å². The average Bonchev–Trinajstić information content (AvgIpc) is 3.22. The Labute approximate surface area is 198 Å². The molecule has 34 heavy (non-hydrogen) atoms. The van der Waals surface area contributed by atoms with Gasteiger partial charge in [0.25, 0.3) is 5.91 Å². The van der Waals surface area contributed by atoms with Crippen LogP contribution in [0.15, 0.2) is 84.1 Å². The van der Waals surface area contributed by atoms with E-state index in [0.717, 1.165) is 28.0 Å². The summed E-state index contributed by atoms with van der Waals surface area (Å²) in [6, 6.07) is 22.6. The highest BCUT2D eigenvalue weighted by Crippen LogP contribution is 2.42. The fourth-order valence-corrected chi connectivity index (χ4v) is 4.44. The Morgan fingerprint density at radius 1 is 1.06 bits per heavy atom. The maximum Gasteiger partial charge on any atom is 0.255 e. The number of aromatic nitrogens is 2. The van der Waals surface area contributed by atoms with E-state index in [9.17, 15) is 4.79 Å². The van der Waals surface area contributed by atoms with Crippen molar-refractivity contribution >= 4 is 28.6 Å². The Morgan fingerprint density at radius 2 is 1.79 bits per heavy atom. The molecule has 172 valence electrons. The third-order valence-electron chi connectivity index (χ3n) is 5.93. The van der Waals surface area contributed by atoms with E-state index in [0.29, 0.717) is 29.6 Å². The molecule has 1 aromatic heterocycles. The zero-order valence-corrected chi connectivity index (χ0v) is 19.3. The van der Waals surface area contributed by atoms with Crippen molar-refractivity contribution in [2.45, 2.75) is 19.9 Å². The van der Waals surface area contributed by atoms with E-state index in [1.54, 1.807) is 7.11 Å². The van der Waals surface area contributed by atoms with E-state index in [4.69, 9.17) is 14.5 Å². The number of benzene rings is 3. The number of hydrogen-bond donors (Lipinski definition) is 2. The maximum atomic E-state index is 13.7. The van der Waals surface area contributed by atoms with Gasteiger partial charge in [-0.1, -0.05) is 30.3 Å². The van der Waals surface area contributed by atoms with Gasteiger partial charge in [0, 0.05) is 16.9 Å². The monoisotopic (exact) mass is 454 g/mol. The SMILES string of the molecule is CCOc1ccc(NC(=O)C2=C(C)Nc3nc4ccccc4n3[C@H]2c2ccccc2OC)cc1. The second-order valence-corrected chi connectivity index (χ2v) is 8.01. The molecule has 2 heterocycles. The first-order valence-electron chi connectivity index (χ1n) is 11.2. The summed E-state index contributed by atoms with van der Waals surface area (Å²) in [5, 5.41) is 6.39. The van der Waals surface area contributed by atoms with Gasteiger partial charge in [0.1, 0.15) is 11.5 Å². The standard InChI is InChI=1S/C27H26N4O3/c1-4-34-19-15-13-18(14-16-19)29-26(32)24-17(2)28-27-30-21-10-6-7-11-22(21)31(27)25(24)20-9-5-8-12-23(20)33-3/h5-16,25H,4H2,1-3H3,(H,28,30)(H,29,32)/t25-/m0/s1. The van der Waals surface area contributed by atoms with Crippen molar-refractivity contribution in [2.24, 2.45) is 0 Å². The molecule has 7 nitrogen and oxygen atoms in total. The summed E-state index contributed by atoms with van der Waals surface area (Å²) in [5.41, 5.74) is 4.68. The number of amides is 1. The molecule has 0 saturated heterocycles. The maximum absolute atomic E-state index is 13.7. The minimum atomic E-state index is -0.428. The van der Waals surface area contributed by atoms with Gasteiger partial charge in [0.15, 0.2) is 0 Å². The molecule has 0 bridgehead atoms. The van der Waals surface area contributed by atoms with Crippen LogP contribution < -0.4 is 20.1 Å². The van der Waals surface area contributed by atoms with Gasteiger partial charge in [0.2, 0.25) is 5.95 Å². The van der Waals surface area contributed by atoms with Gasteiger partial charge >= 0.3 is 0 Å². The third kappa shape index (κ3) is 3.75. The zero-order chi connectivity index (χ0) is 23.7. The van der Waals surface area contributed by atoms with Gasteiger partial charge in [-0.25, -0.2) is 4.98 Å². The number of para-hydroxylation sites is 3. The van der Waals surface area contributed by atoms with Crippen molar-refractivity contribution in [2.75, 3.05) is 24.4 Å². The first kappa shape index (κ1) is 21.6. The van der Waals surface area contributed by atoms with Crippen molar-refractivity contribution < 1.29 is 14.3 Å². The van der Waals surface area contributed by atoms with Crippen LogP contribution in [0.25, 0.3) is 11.0 Å².